The van der Waals surface area contributed by atoms with Gasteiger partial charge in [-0.3, -0.25) is 0 Å². The van der Waals surface area contributed by atoms with Crippen molar-refractivity contribution in [2.24, 2.45) is 0 Å². The lowest BCUT2D eigenvalue weighted by Gasteiger charge is -2.33. The van der Waals surface area contributed by atoms with Crippen molar-refractivity contribution in [2.75, 3.05) is 23.3 Å². The fourth-order valence-electron chi connectivity index (χ4n) is 2.43. The molecule has 1 fully saturated rings. The van der Waals surface area contributed by atoms with Gasteiger partial charge in [0.2, 0.25) is 0 Å². The van der Waals surface area contributed by atoms with Crippen molar-refractivity contribution in [1.82, 2.24) is 4.98 Å². The number of hydrogen-bond acceptors (Lipinski definition) is 4. The highest BCUT2D eigenvalue weighted by molar-refractivity contribution is 7.19. The van der Waals surface area contributed by atoms with Crippen molar-refractivity contribution in [3.8, 4) is 0 Å². The van der Waals surface area contributed by atoms with Gasteiger partial charge in [-0.25, -0.2) is 4.98 Å². The van der Waals surface area contributed by atoms with Crippen LogP contribution in [0, 0.1) is 0 Å². The molecule has 1 aromatic heterocycles. The number of para-hydroxylation sites is 1. The smallest absolute Gasteiger partial charge is 0.186 e. The molecule has 5 heteroatoms. The fourth-order valence-corrected chi connectivity index (χ4v) is 3.37. The molecule has 1 N–H and O–H groups in total. The Labute approximate surface area is 122 Å². The SMILES string of the molecule is Clc1cnc(N2CCCC(Nc3ccccc3)C2)s1. The average Bonchev–Trinajstić information content (AvgIpc) is 2.87. The maximum Gasteiger partial charge on any atom is 0.186 e. The van der Waals surface area contributed by atoms with Gasteiger partial charge in [-0.15, -0.1) is 0 Å². The Morgan fingerprint density at radius 2 is 2.16 bits per heavy atom. The number of nitrogens with one attached hydrogen (secondary N) is 1. The van der Waals surface area contributed by atoms with Crippen LogP contribution in [-0.4, -0.2) is 24.1 Å². The molecule has 0 spiro atoms. The van der Waals surface area contributed by atoms with Crippen LogP contribution in [0.25, 0.3) is 0 Å². The first-order chi connectivity index (χ1) is 9.31. The number of anilines is 2. The van der Waals surface area contributed by atoms with Crippen molar-refractivity contribution in [1.29, 1.82) is 0 Å². The molecule has 0 amide bonds. The summed E-state index contributed by atoms with van der Waals surface area (Å²) in [7, 11) is 0. The van der Waals surface area contributed by atoms with Crippen molar-refractivity contribution in [3.05, 3.63) is 40.9 Å². The molecule has 1 atom stereocenters. The van der Waals surface area contributed by atoms with E-state index < -0.39 is 0 Å². The molecule has 0 bridgehead atoms. The molecule has 1 aliphatic rings. The normalized spacial score (nSPS) is 19.4. The van der Waals surface area contributed by atoms with Gasteiger partial charge in [0.1, 0.15) is 4.34 Å². The third kappa shape index (κ3) is 3.19. The van der Waals surface area contributed by atoms with E-state index >= 15 is 0 Å². The standard InChI is InChI=1S/C14H16ClN3S/c15-13-9-16-14(19-13)18-8-4-7-12(10-18)17-11-5-2-1-3-6-11/h1-3,5-6,9,12,17H,4,7-8,10H2. The van der Waals surface area contributed by atoms with Gasteiger partial charge in [0, 0.05) is 24.8 Å². The fraction of sp³-hybridized carbons (Fsp3) is 0.357. The molecule has 3 nitrogen and oxygen atoms in total. The van der Waals surface area contributed by atoms with Gasteiger partial charge in [0.05, 0.1) is 6.20 Å². The minimum absolute atomic E-state index is 0.471. The van der Waals surface area contributed by atoms with Crippen molar-refractivity contribution >= 4 is 33.8 Å². The van der Waals surface area contributed by atoms with Crippen LogP contribution in [0.2, 0.25) is 4.34 Å². The highest BCUT2D eigenvalue weighted by Crippen LogP contribution is 2.28. The van der Waals surface area contributed by atoms with Crippen molar-refractivity contribution in [3.63, 3.8) is 0 Å². The van der Waals surface area contributed by atoms with Gasteiger partial charge >= 0.3 is 0 Å². The summed E-state index contributed by atoms with van der Waals surface area (Å²) in [4.78, 5) is 6.69. The molecule has 2 heterocycles. The van der Waals surface area contributed by atoms with Crippen LogP contribution in [0.5, 0.6) is 0 Å². The minimum atomic E-state index is 0.471. The first-order valence-corrected chi connectivity index (χ1v) is 7.68. The predicted octanol–water partition coefficient (Wildman–Crippen LogP) is 3.88. The number of halogens is 1. The number of rotatable bonds is 3. The van der Waals surface area contributed by atoms with E-state index in [1.165, 1.54) is 18.5 Å². The van der Waals surface area contributed by atoms with E-state index in [0.29, 0.717) is 6.04 Å². The second-order valence-electron chi connectivity index (χ2n) is 4.74. The summed E-state index contributed by atoms with van der Waals surface area (Å²) >= 11 is 7.51. The zero-order chi connectivity index (χ0) is 13.1. The average molecular weight is 294 g/mol. The zero-order valence-electron chi connectivity index (χ0n) is 10.6. The Kier molecular flexibility index (Phi) is 3.89. The Balaban J connectivity index is 1.65. The highest BCUT2D eigenvalue weighted by atomic mass is 35.5. The number of aromatic nitrogens is 1. The third-order valence-corrected chi connectivity index (χ3v) is 4.48. The molecule has 1 aliphatic heterocycles. The van der Waals surface area contributed by atoms with Crippen molar-refractivity contribution < 1.29 is 0 Å². The minimum Gasteiger partial charge on any atom is -0.381 e. The second-order valence-corrected chi connectivity index (χ2v) is 6.38. The third-order valence-electron chi connectivity index (χ3n) is 3.30. The monoisotopic (exact) mass is 293 g/mol. The van der Waals surface area contributed by atoms with E-state index in [0.717, 1.165) is 22.6 Å². The van der Waals surface area contributed by atoms with E-state index in [1.54, 1.807) is 17.5 Å². The van der Waals surface area contributed by atoms with Crippen LogP contribution < -0.4 is 10.2 Å². The van der Waals surface area contributed by atoms with Gasteiger partial charge in [-0.1, -0.05) is 41.1 Å². The number of hydrogen-bond donors (Lipinski definition) is 1. The van der Waals surface area contributed by atoms with Gasteiger partial charge in [0.25, 0.3) is 0 Å². The predicted molar refractivity (Wildman–Crippen MR) is 82.4 cm³/mol. The lowest BCUT2D eigenvalue weighted by atomic mass is 10.1. The Bertz CT molecular complexity index is 528. The second kappa shape index (κ2) is 5.80. The van der Waals surface area contributed by atoms with Crippen LogP contribution in [0.15, 0.2) is 36.5 Å². The molecule has 0 aliphatic carbocycles. The number of piperidine rings is 1. The lowest BCUT2D eigenvalue weighted by Crippen LogP contribution is -2.42. The summed E-state index contributed by atoms with van der Waals surface area (Å²) in [6.07, 6.45) is 4.11. The lowest BCUT2D eigenvalue weighted by molar-refractivity contribution is 0.529. The summed E-state index contributed by atoms with van der Waals surface area (Å²) in [6.45, 7) is 2.05. The topological polar surface area (TPSA) is 28.2 Å². The largest absolute Gasteiger partial charge is 0.381 e. The van der Waals surface area contributed by atoms with Gasteiger partial charge < -0.3 is 10.2 Å². The van der Waals surface area contributed by atoms with Crippen LogP contribution in [0.4, 0.5) is 10.8 Å². The van der Waals surface area contributed by atoms with E-state index in [2.05, 4.69) is 39.5 Å². The quantitative estimate of drug-likeness (QED) is 0.931. The Morgan fingerprint density at radius 1 is 1.32 bits per heavy atom. The first-order valence-electron chi connectivity index (χ1n) is 6.49. The molecule has 1 saturated heterocycles. The van der Waals surface area contributed by atoms with Gasteiger partial charge in [-0.2, -0.15) is 0 Å². The summed E-state index contributed by atoms with van der Waals surface area (Å²) in [6, 6.07) is 10.8. The van der Waals surface area contributed by atoms with E-state index in [-0.39, 0.29) is 0 Å². The molecule has 1 unspecified atom stereocenters. The Morgan fingerprint density at radius 3 is 2.89 bits per heavy atom. The van der Waals surface area contributed by atoms with Gasteiger partial charge in [0.15, 0.2) is 5.13 Å². The zero-order valence-corrected chi connectivity index (χ0v) is 12.1. The number of thiazole rings is 1. The molecule has 2 aromatic rings. The summed E-state index contributed by atoms with van der Waals surface area (Å²) in [5.74, 6) is 0. The van der Waals surface area contributed by atoms with Crippen LogP contribution in [0.3, 0.4) is 0 Å². The molecule has 0 radical (unpaired) electrons. The summed E-state index contributed by atoms with van der Waals surface area (Å²) in [5.41, 5.74) is 1.19. The van der Waals surface area contributed by atoms with Crippen LogP contribution >= 0.6 is 22.9 Å². The first kappa shape index (κ1) is 12.8. The molecular weight excluding hydrogens is 278 g/mol. The highest BCUT2D eigenvalue weighted by Gasteiger charge is 2.21. The molecule has 3 rings (SSSR count). The number of nitrogens with zero attached hydrogens (tertiary/aromatic N) is 2. The van der Waals surface area contributed by atoms with E-state index in [4.69, 9.17) is 11.6 Å². The number of benzene rings is 1. The molecule has 0 saturated carbocycles. The molecule has 100 valence electrons. The van der Waals surface area contributed by atoms with Crippen LogP contribution in [-0.2, 0) is 0 Å². The van der Waals surface area contributed by atoms with Gasteiger partial charge in [-0.05, 0) is 25.0 Å². The summed E-state index contributed by atoms with van der Waals surface area (Å²) < 4.78 is 0.758. The van der Waals surface area contributed by atoms with Crippen molar-refractivity contribution in [2.45, 2.75) is 18.9 Å². The molecule has 19 heavy (non-hydrogen) atoms. The molecular formula is C14H16ClN3S. The Hall–Kier alpha value is -1.26. The maximum absolute atomic E-state index is 5.96. The van der Waals surface area contributed by atoms with E-state index in [1.807, 2.05) is 6.07 Å². The van der Waals surface area contributed by atoms with Crippen LogP contribution in [0.1, 0.15) is 12.8 Å². The summed E-state index contributed by atoms with van der Waals surface area (Å²) in [5, 5.41) is 4.62. The maximum atomic E-state index is 5.96. The molecule has 1 aromatic carbocycles. The van der Waals surface area contributed by atoms with E-state index in [9.17, 15) is 0 Å².